The molecule has 8 heteroatoms. The molecule has 0 spiro atoms. The molecule has 3 aromatic carbocycles. The standard InChI is InChI=1S/C26H26Cl2N2O4/c27-22-11-12-23(24(28)16-22)21(13-14-33-18-20-9-5-2-6-10-20)15-25(31)30-34-26(32)29-17-19-7-3-1-4-8-19/h1-12,16,21H,13-15,17-18H2,(H,29,32)(H,30,31). The highest BCUT2D eigenvalue weighted by Gasteiger charge is 2.20. The molecule has 0 bridgehead atoms. The number of amides is 2. The largest absolute Gasteiger partial charge is 0.431 e. The van der Waals surface area contributed by atoms with Gasteiger partial charge in [0.2, 0.25) is 0 Å². The van der Waals surface area contributed by atoms with Crippen molar-refractivity contribution in [2.75, 3.05) is 6.61 Å². The molecule has 1 atom stereocenters. The van der Waals surface area contributed by atoms with Crippen LogP contribution in [0.3, 0.4) is 0 Å². The average molecular weight is 501 g/mol. The molecule has 3 rings (SSSR count). The maximum absolute atomic E-state index is 12.5. The van der Waals surface area contributed by atoms with Gasteiger partial charge < -0.3 is 14.9 Å². The van der Waals surface area contributed by atoms with Crippen molar-refractivity contribution in [3.63, 3.8) is 0 Å². The number of benzene rings is 3. The molecule has 0 aromatic heterocycles. The average Bonchev–Trinajstić information content (AvgIpc) is 2.85. The molecule has 6 nitrogen and oxygen atoms in total. The van der Waals surface area contributed by atoms with E-state index in [-0.39, 0.29) is 18.9 Å². The van der Waals surface area contributed by atoms with E-state index in [1.807, 2.05) is 60.7 Å². The fraction of sp³-hybridized carbons (Fsp3) is 0.231. The molecule has 34 heavy (non-hydrogen) atoms. The number of hydrogen-bond acceptors (Lipinski definition) is 4. The van der Waals surface area contributed by atoms with E-state index < -0.39 is 12.0 Å². The van der Waals surface area contributed by atoms with Gasteiger partial charge in [-0.05, 0) is 41.2 Å². The summed E-state index contributed by atoms with van der Waals surface area (Å²) in [4.78, 5) is 29.3. The molecule has 0 saturated heterocycles. The minimum atomic E-state index is -0.746. The molecule has 0 saturated carbocycles. The lowest BCUT2D eigenvalue weighted by atomic mass is 9.92. The first-order valence-electron chi connectivity index (χ1n) is 10.9. The van der Waals surface area contributed by atoms with Gasteiger partial charge in [-0.3, -0.25) is 4.79 Å². The van der Waals surface area contributed by atoms with Gasteiger partial charge in [0, 0.05) is 29.6 Å². The summed E-state index contributed by atoms with van der Waals surface area (Å²) < 4.78 is 5.79. The van der Waals surface area contributed by atoms with Gasteiger partial charge in [-0.1, -0.05) is 89.9 Å². The van der Waals surface area contributed by atoms with E-state index in [4.69, 9.17) is 32.8 Å². The Morgan fingerprint density at radius 1 is 0.882 bits per heavy atom. The van der Waals surface area contributed by atoms with Gasteiger partial charge in [-0.2, -0.15) is 5.48 Å². The lowest BCUT2D eigenvalue weighted by Crippen LogP contribution is -2.34. The lowest BCUT2D eigenvalue weighted by Gasteiger charge is -2.19. The van der Waals surface area contributed by atoms with Crippen molar-refractivity contribution in [1.82, 2.24) is 10.8 Å². The third-order valence-corrected chi connectivity index (χ3v) is 5.66. The quantitative estimate of drug-likeness (QED) is 0.263. The number of hydroxylamine groups is 1. The van der Waals surface area contributed by atoms with Crippen LogP contribution in [0.15, 0.2) is 78.9 Å². The van der Waals surface area contributed by atoms with Crippen molar-refractivity contribution >= 4 is 35.2 Å². The van der Waals surface area contributed by atoms with Crippen LogP contribution in [-0.2, 0) is 27.5 Å². The topological polar surface area (TPSA) is 76.7 Å². The molecular formula is C26H26Cl2N2O4. The zero-order chi connectivity index (χ0) is 24.2. The van der Waals surface area contributed by atoms with Gasteiger partial charge in [0.05, 0.1) is 6.61 Å². The maximum atomic E-state index is 12.5. The van der Waals surface area contributed by atoms with Crippen LogP contribution >= 0.6 is 23.2 Å². The van der Waals surface area contributed by atoms with Gasteiger partial charge in [0.1, 0.15) is 0 Å². The molecule has 0 aliphatic heterocycles. The van der Waals surface area contributed by atoms with Crippen LogP contribution in [0.2, 0.25) is 10.0 Å². The van der Waals surface area contributed by atoms with Crippen LogP contribution in [0.4, 0.5) is 4.79 Å². The number of carbonyl (C=O) groups excluding carboxylic acids is 2. The zero-order valence-corrected chi connectivity index (χ0v) is 20.0. The summed E-state index contributed by atoms with van der Waals surface area (Å²) in [6.45, 7) is 1.18. The zero-order valence-electron chi connectivity index (χ0n) is 18.5. The molecule has 2 amide bonds. The first-order valence-corrected chi connectivity index (χ1v) is 11.6. The molecular weight excluding hydrogens is 475 g/mol. The molecule has 0 radical (unpaired) electrons. The summed E-state index contributed by atoms with van der Waals surface area (Å²) in [5.41, 5.74) is 4.96. The predicted octanol–water partition coefficient (Wildman–Crippen LogP) is 6.03. The van der Waals surface area contributed by atoms with Crippen molar-refractivity contribution in [3.05, 3.63) is 106 Å². The number of nitrogens with one attached hydrogen (secondary N) is 2. The smallest absolute Gasteiger partial charge is 0.377 e. The number of halogens is 2. The Morgan fingerprint density at radius 2 is 1.56 bits per heavy atom. The fourth-order valence-electron chi connectivity index (χ4n) is 3.36. The third-order valence-electron chi connectivity index (χ3n) is 5.09. The van der Waals surface area contributed by atoms with E-state index in [1.54, 1.807) is 18.2 Å². The first-order chi connectivity index (χ1) is 16.5. The summed E-state index contributed by atoms with van der Waals surface area (Å²) in [5.74, 6) is -0.703. The van der Waals surface area contributed by atoms with Crippen LogP contribution in [0, 0.1) is 0 Å². The van der Waals surface area contributed by atoms with Gasteiger partial charge in [-0.15, -0.1) is 0 Å². The van der Waals surface area contributed by atoms with Crippen molar-refractivity contribution in [2.24, 2.45) is 0 Å². The van der Waals surface area contributed by atoms with Gasteiger partial charge in [0.25, 0.3) is 5.91 Å². The number of ether oxygens (including phenoxy) is 1. The number of carbonyl (C=O) groups is 2. The second-order valence-corrected chi connectivity index (χ2v) is 8.49. The highest BCUT2D eigenvalue weighted by Crippen LogP contribution is 2.32. The van der Waals surface area contributed by atoms with Gasteiger partial charge in [-0.25, -0.2) is 4.79 Å². The van der Waals surface area contributed by atoms with E-state index in [0.29, 0.717) is 29.7 Å². The summed E-state index contributed by atoms with van der Waals surface area (Å²) in [6.07, 6.45) is -0.145. The molecule has 0 fully saturated rings. The molecule has 0 heterocycles. The SMILES string of the molecule is O=C(CC(CCOCc1ccccc1)c1ccc(Cl)cc1Cl)NOC(=O)NCc1ccccc1. The number of hydrogen-bond donors (Lipinski definition) is 2. The first kappa shape index (κ1) is 25.6. The van der Waals surface area contributed by atoms with Crippen LogP contribution in [0.1, 0.15) is 35.4 Å². The summed E-state index contributed by atoms with van der Waals surface area (Å²) >= 11 is 12.4. The van der Waals surface area contributed by atoms with E-state index in [9.17, 15) is 9.59 Å². The van der Waals surface area contributed by atoms with E-state index in [1.165, 1.54) is 0 Å². The second-order valence-electron chi connectivity index (χ2n) is 7.65. The Labute approximate surface area is 209 Å². The maximum Gasteiger partial charge on any atom is 0.431 e. The van der Waals surface area contributed by atoms with Gasteiger partial charge >= 0.3 is 6.09 Å². The van der Waals surface area contributed by atoms with Crippen molar-refractivity contribution in [3.8, 4) is 0 Å². The molecule has 0 aliphatic rings. The molecule has 0 aliphatic carbocycles. The Balaban J connectivity index is 1.51. The molecule has 1 unspecified atom stereocenters. The van der Waals surface area contributed by atoms with Crippen LogP contribution in [-0.4, -0.2) is 18.6 Å². The third kappa shape index (κ3) is 8.71. The molecule has 3 aromatic rings. The highest BCUT2D eigenvalue weighted by molar-refractivity contribution is 6.35. The summed E-state index contributed by atoms with van der Waals surface area (Å²) in [5, 5.41) is 3.56. The minimum Gasteiger partial charge on any atom is -0.377 e. The monoisotopic (exact) mass is 500 g/mol. The predicted molar refractivity (Wildman–Crippen MR) is 132 cm³/mol. The fourth-order valence-corrected chi connectivity index (χ4v) is 3.93. The van der Waals surface area contributed by atoms with Gasteiger partial charge in [0.15, 0.2) is 0 Å². The minimum absolute atomic E-state index is 0.0576. The lowest BCUT2D eigenvalue weighted by molar-refractivity contribution is -0.130. The van der Waals surface area contributed by atoms with Crippen LogP contribution in [0.5, 0.6) is 0 Å². The normalized spacial score (nSPS) is 11.5. The van der Waals surface area contributed by atoms with Crippen LogP contribution < -0.4 is 10.8 Å². The number of rotatable bonds is 10. The summed E-state index contributed by atoms with van der Waals surface area (Å²) in [7, 11) is 0. The second kappa shape index (κ2) is 13.6. The van der Waals surface area contributed by atoms with Crippen molar-refractivity contribution < 1.29 is 19.2 Å². The molecule has 2 N–H and O–H groups in total. The Hall–Kier alpha value is -3.06. The Morgan fingerprint density at radius 3 is 2.24 bits per heavy atom. The Kier molecular flexibility index (Phi) is 10.2. The van der Waals surface area contributed by atoms with E-state index in [2.05, 4.69) is 10.8 Å². The van der Waals surface area contributed by atoms with Crippen molar-refractivity contribution in [2.45, 2.75) is 31.9 Å². The summed E-state index contributed by atoms with van der Waals surface area (Å²) in [6, 6.07) is 24.4. The van der Waals surface area contributed by atoms with Crippen LogP contribution in [0.25, 0.3) is 0 Å². The highest BCUT2D eigenvalue weighted by atomic mass is 35.5. The van der Waals surface area contributed by atoms with E-state index >= 15 is 0 Å². The Bertz CT molecular complexity index is 1060. The van der Waals surface area contributed by atoms with E-state index in [0.717, 1.165) is 16.7 Å². The van der Waals surface area contributed by atoms with Crippen molar-refractivity contribution in [1.29, 1.82) is 0 Å². The molecule has 178 valence electrons.